The number of hydrogen-bond acceptors (Lipinski definition) is 8. The van der Waals surface area contributed by atoms with Gasteiger partial charge in [0.25, 0.3) is 0 Å². The normalized spacial score (nSPS) is 14.9. The number of thioether (sulfide) groups is 1. The van der Waals surface area contributed by atoms with Crippen LogP contribution in [0.1, 0.15) is 25.7 Å². The molecule has 1 heterocycles. The van der Waals surface area contributed by atoms with E-state index < -0.39 is 11.9 Å². The molecule has 0 saturated heterocycles. The smallest absolute Gasteiger partial charge is 0.321 e. The van der Waals surface area contributed by atoms with Gasteiger partial charge in [0, 0.05) is 6.04 Å². The number of amides is 3. The summed E-state index contributed by atoms with van der Waals surface area (Å²) in [7, 11) is 0. The zero-order valence-electron chi connectivity index (χ0n) is 11.3. The van der Waals surface area contributed by atoms with E-state index in [2.05, 4.69) is 25.6 Å². The van der Waals surface area contributed by atoms with Gasteiger partial charge in [-0.3, -0.25) is 10.1 Å². The first-order valence-electron chi connectivity index (χ1n) is 6.53. The van der Waals surface area contributed by atoms with Gasteiger partial charge in [-0.05, 0) is 12.8 Å². The van der Waals surface area contributed by atoms with E-state index in [1.165, 1.54) is 0 Å². The fourth-order valence-corrected chi connectivity index (χ4v) is 2.69. The van der Waals surface area contributed by atoms with Crippen LogP contribution in [0.15, 0.2) is 5.16 Å². The molecule has 6 N–H and O–H groups in total. The SMILES string of the molecule is Nc1nc(N)nc(SCC(=O)NC(=O)NC2CCCC2)n1. The number of nitrogen functional groups attached to an aromatic ring is 2. The lowest BCUT2D eigenvalue weighted by Crippen LogP contribution is -2.44. The van der Waals surface area contributed by atoms with E-state index in [-0.39, 0.29) is 28.8 Å². The molecule has 3 amide bonds. The van der Waals surface area contributed by atoms with Crippen LogP contribution in [0.4, 0.5) is 16.7 Å². The second-order valence-electron chi connectivity index (χ2n) is 4.63. The van der Waals surface area contributed by atoms with E-state index in [0.29, 0.717) is 0 Å². The first-order valence-corrected chi connectivity index (χ1v) is 7.51. The van der Waals surface area contributed by atoms with E-state index in [1.54, 1.807) is 0 Å². The minimum Gasteiger partial charge on any atom is -0.368 e. The van der Waals surface area contributed by atoms with Crippen LogP contribution in [-0.4, -0.2) is 38.7 Å². The predicted molar refractivity (Wildman–Crippen MR) is 78.3 cm³/mol. The van der Waals surface area contributed by atoms with Gasteiger partial charge >= 0.3 is 6.03 Å². The minimum absolute atomic E-state index is 0.00983. The fourth-order valence-electron chi connectivity index (χ4n) is 2.04. The molecule has 1 aromatic rings. The lowest BCUT2D eigenvalue weighted by molar-refractivity contribution is -0.117. The van der Waals surface area contributed by atoms with Crippen molar-refractivity contribution in [3.05, 3.63) is 0 Å². The maximum absolute atomic E-state index is 11.6. The van der Waals surface area contributed by atoms with Gasteiger partial charge in [-0.25, -0.2) is 4.79 Å². The Morgan fingerprint density at radius 2 is 1.76 bits per heavy atom. The van der Waals surface area contributed by atoms with Crippen molar-refractivity contribution in [2.45, 2.75) is 36.9 Å². The second kappa shape index (κ2) is 7.07. The number of hydrogen-bond donors (Lipinski definition) is 4. The molecule has 21 heavy (non-hydrogen) atoms. The number of nitrogens with one attached hydrogen (secondary N) is 2. The van der Waals surface area contributed by atoms with Crippen molar-refractivity contribution >= 4 is 35.6 Å². The number of nitrogens with zero attached hydrogens (tertiary/aromatic N) is 3. The maximum Gasteiger partial charge on any atom is 0.321 e. The number of imide groups is 1. The Morgan fingerprint density at radius 3 is 2.38 bits per heavy atom. The summed E-state index contributed by atoms with van der Waals surface area (Å²) in [5.74, 6) is -0.470. The summed E-state index contributed by atoms with van der Waals surface area (Å²) >= 11 is 1.03. The molecule has 2 rings (SSSR count). The van der Waals surface area contributed by atoms with Crippen LogP contribution >= 0.6 is 11.8 Å². The van der Waals surface area contributed by atoms with Gasteiger partial charge in [0.2, 0.25) is 17.8 Å². The van der Waals surface area contributed by atoms with Crippen molar-refractivity contribution in [3.8, 4) is 0 Å². The van der Waals surface area contributed by atoms with Crippen LogP contribution in [0, 0.1) is 0 Å². The molecule has 0 radical (unpaired) electrons. The molecule has 114 valence electrons. The molecular formula is C11H17N7O2S. The third-order valence-electron chi connectivity index (χ3n) is 2.93. The van der Waals surface area contributed by atoms with Crippen molar-refractivity contribution in [1.82, 2.24) is 25.6 Å². The van der Waals surface area contributed by atoms with Crippen LogP contribution in [0.2, 0.25) is 0 Å². The summed E-state index contributed by atoms with van der Waals surface area (Å²) in [5, 5.41) is 5.27. The highest BCUT2D eigenvalue weighted by molar-refractivity contribution is 7.99. The molecule has 0 unspecified atom stereocenters. The number of anilines is 2. The van der Waals surface area contributed by atoms with E-state index in [0.717, 1.165) is 37.4 Å². The molecule has 10 heteroatoms. The third-order valence-corrected chi connectivity index (χ3v) is 3.77. The molecular weight excluding hydrogens is 294 g/mol. The van der Waals surface area contributed by atoms with Crippen molar-refractivity contribution in [2.24, 2.45) is 0 Å². The highest BCUT2D eigenvalue weighted by Gasteiger charge is 2.18. The standard InChI is InChI=1S/C11H17N7O2S/c12-8-16-9(13)18-11(17-8)21-5-7(19)15-10(20)14-6-3-1-2-4-6/h6H,1-5H2,(H2,14,15,19,20)(H4,12,13,16,17,18). The first-order chi connectivity index (χ1) is 10.0. The molecule has 1 fully saturated rings. The fraction of sp³-hybridized carbons (Fsp3) is 0.545. The van der Waals surface area contributed by atoms with Gasteiger partial charge in [-0.1, -0.05) is 24.6 Å². The van der Waals surface area contributed by atoms with Crippen molar-refractivity contribution in [1.29, 1.82) is 0 Å². The van der Waals surface area contributed by atoms with Crippen LogP contribution < -0.4 is 22.1 Å². The molecule has 1 aliphatic carbocycles. The van der Waals surface area contributed by atoms with E-state index in [1.807, 2.05) is 0 Å². The minimum atomic E-state index is -0.470. The lowest BCUT2D eigenvalue weighted by atomic mass is 10.2. The summed E-state index contributed by atoms with van der Waals surface area (Å²) in [4.78, 5) is 34.5. The zero-order chi connectivity index (χ0) is 15.2. The van der Waals surface area contributed by atoms with Crippen molar-refractivity contribution < 1.29 is 9.59 Å². The average Bonchev–Trinajstić information content (AvgIpc) is 2.88. The average molecular weight is 311 g/mol. The molecule has 0 aromatic carbocycles. The summed E-state index contributed by atoms with van der Waals surface area (Å²) in [5.41, 5.74) is 10.8. The molecule has 1 aliphatic rings. The lowest BCUT2D eigenvalue weighted by Gasteiger charge is -2.11. The second-order valence-corrected chi connectivity index (χ2v) is 5.57. The number of aromatic nitrogens is 3. The summed E-state index contributed by atoms with van der Waals surface area (Å²) in [6, 6.07) is -0.309. The molecule has 0 atom stereocenters. The predicted octanol–water partition coefficient (Wildman–Crippen LogP) is -0.104. The molecule has 0 aliphatic heterocycles. The van der Waals surface area contributed by atoms with Gasteiger partial charge in [-0.15, -0.1) is 0 Å². The van der Waals surface area contributed by atoms with Crippen LogP contribution in [0.5, 0.6) is 0 Å². The summed E-state index contributed by atoms with van der Waals surface area (Å²) < 4.78 is 0. The maximum atomic E-state index is 11.6. The van der Waals surface area contributed by atoms with E-state index >= 15 is 0 Å². The van der Waals surface area contributed by atoms with Crippen LogP contribution in [0.25, 0.3) is 0 Å². The van der Waals surface area contributed by atoms with E-state index in [4.69, 9.17) is 11.5 Å². The zero-order valence-corrected chi connectivity index (χ0v) is 12.2. The Morgan fingerprint density at radius 1 is 1.14 bits per heavy atom. The molecule has 1 aromatic heterocycles. The van der Waals surface area contributed by atoms with Crippen LogP contribution in [0.3, 0.4) is 0 Å². The number of urea groups is 1. The highest BCUT2D eigenvalue weighted by Crippen LogP contribution is 2.17. The Balaban J connectivity index is 1.74. The van der Waals surface area contributed by atoms with Gasteiger partial charge in [0.1, 0.15) is 0 Å². The molecule has 1 saturated carbocycles. The Labute approximate surface area is 125 Å². The topological polar surface area (TPSA) is 149 Å². The quantitative estimate of drug-likeness (QED) is 0.563. The van der Waals surface area contributed by atoms with Gasteiger partial charge in [-0.2, -0.15) is 15.0 Å². The largest absolute Gasteiger partial charge is 0.368 e. The molecule has 0 spiro atoms. The molecule has 0 bridgehead atoms. The monoisotopic (exact) mass is 311 g/mol. The Kier molecular flexibility index (Phi) is 5.14. The molecule has 9 nitrogen and oxygen atoms in total. The third kappa shape index (κ3) is 5.06. The Bertz CT molecular complexity index is 513. The Hall–Kier alpha value is -2.10. The number of carbonyl (C=O) groups excluding carboxylic acids is 2. The van der Waals surface area contributed by atoms with E-state index in [9.17, 15) is 9.59 Å². The van der Waals surface area contributed by atoms with Crippen molar-refractivity contribution in [3.63, 3.8) is 0 Å². The highest BCUT2D eigenvalue weighted by atomic mass is 32.2. The number of nitrogens with two attached hydrogens (primary N) is 2. The van der Waals surface area contributed by atoms with Crippen LogP contribution in [-0.2, 0) is 4.79 Å². The number of carbonyl (C=O) groups is 2. The van der Waals surface area contributed by atoms with Gasteiger partial charge < -0.3 is 16.8 Å². The summed E-state index contributed by atoms with van der Waals surface area (Å²) in [6.45, 7) is 0. The first kappa shape index (κ1) is 15.3. The summed E-state index contributed by atoms with van der Waals surface area (Å²) in [6.07, 6.45) is 4.13. The number of rotatable bonds is 4. The van der Waals surface area contributed by atoms with Gasteiger partial charge in [0.05, 0.1) is 5.75 Å². The van der Waals surface area contributed by atoms with Gasteiger partial charge in [0.15, 0.2) is 5.16 Å². The van der Waals surface area contributed by atoms with Crippen molar-refractivity contribution in [2.75, 3.05) is 17.2 Å².